The molecular weight excluding hydrogens is 407 g/mol. The van der Waals surface area contributed by atoms with Crippen LogP contribution in [0.3, 0.4) is 0 Å². The summed E-state index contributed by atoms with van der Waals surface area (Å²) < 4.78 is 0. The summed E-state index contributed by atoms with van der Waals surface area (Å²) in [7, 11) is 0. The summed E-state index contributed by atoms with van der Waals surface area (Å²) in [5.41, 5.74) is 2.15. The van der Waals surface area contributed by atoms with Crippen LogP contribution in [0.2, 0.25) is 15.1 Å². The van der Waals surface area contributed by atoms with Crippen LogP contribution in [0.15, 0.2) is 41.5 Å². The first-order chi connectivity index (χ1) is 12.3. The van der Waals surface area contributed by atoms with Crippen LogP contribution in [0.1, 0.15) is 5.56 Å². The molecule has 0 saturated heterocycles. The zero-order valence-electron chi connectivity index (χ0n) is 12.7. The van der Waals surface area contributed by atoms with Gasteiger partial charge >= 0.3 is 11.8 Å². The molecule has 0 aliphatic carbocycles. The molecule has 0 saturated carbocycles. The largest absolute Gasteiger partial charge is 0.329 e. The summed E-state index contributed by atoms with van der Waals surface area (Å²) in [6, 6.07) is 8.48. The first kappa shape index (κ1) is 19.6. The van der Waals surface area contributed by atoms with Crippen LogP contribution < -0.4 is 10.7 Å². The molecule has 26 heavy (non-hydrogen) atoms. The molecule has 11 heteroatoms. The molecule has 8 nitrogen and oxygen atoms in total. The highest BCUT2D eigenvalue weighted by Gasteiger charge is 2.16. The molecule has 134 valence electrons. The standard InChI is InChI=1S/C15H9Cl3N4O4/c16-9-5-4-8(6-12(9)22(25)26)7-19-21-15(24)14(23)20-11-3-1-2-10(17)13(11)18/h1-7H,(H,20,23)(H,21,24)/b19-7-. The van der Waals surface area contributed by atoms with Gasteiger partial charge in [-0.25, -0.2) is 5.43 Å². The Morgan fingerprint density at radius 1 is 1.08 bits per heavy atom. The maximum absolute atomic E-state index is 11.8. The zero-order valence-corrected chi connectivity index (χ0v) is 15.0. The Morgan fingerprint density at radius 2 is 1.81 bits per heavy atom. The maximum Gasteiger partial charge on any atom is 0.329 e. The lowest BCUT2D eigenvalue weighted by Gasteiger charge is -2.06. The van der Waals surface area contributed by atoms with E-state index >= 15 is 0 Å². The summed E-state index contributed by atoms with van der Waals surface area (Å²) >= 11 is 17.4. The Labute approximate surface area is 161 Å². The second-order valence-corrected chi connectivity index (χ2v) is 5.91. The number of nitrogens with one attached hydrogen (secondary N) is 2. The molecule has 0 spiro atoms. The Balaban J connectivity index is 2.00. The number of carbonyl (C=O) groups excluding carboxylic acids is 2. The fourth-order valence-corrected chi connectivity index (χ4v) is 2.28. The molecule has 0 aliphatic heterocycles. The van der Waals surface area contributed by atoms with E-state index in [4.69, 9.17) is 34.8 Å². The van der Waals surface area contributed by atoms with Gasteiger partial charge in [-0.3, -0.25) is 19.7 Å². The van der Waals surface area contributed by atoms with E-state index in [-0.39, 0.29) is 26.4 Å². The molecule has 0 atom stereocenters. The van der Waals surface area contributed by atoms with Crippen LogP contribution in [-0.2, 0) is 9.59 Å². The molecule has 2 aromatic carbocycles. The lowest BCUT2D eigenvalue weighted by atomic mass is 10.2. The van der Waals surface area contributed by atoms with Gasteiger partial charge in [0.2, 0.25) is 0 Å². The predicted octanol–water partition coefficient (Wildman–Crippen LogP) is 3.64. The molecule has 2 N–H and O–H groups in total. The van der Waals surface area contributed by atoms with Crippen molar-refractivity contribution in [2.24, 2.45) is 5.10 Å². The summed E-state index contributed by atoms with van der Waals surface area (Å²) in [5, 5.41) is 16.9. The highest BCUT2D eigenvalue weighted by molar-refractivity contribution is 6.45. The first-order valence-electron chi connectivity index (χ1n) is 6.82. The molecule has 0 fully saturated rings. The number of carbonyl (C=O) groups is 2. The van der Waals surface area contributed by atoms with Crippen molar-refractivity contribution in [3.63, 3.8) is 0 Å². The van der Waals surface area contributed by atoms with Gasteiger partial charge in [0.1, 0.15) is 5.02 Å². The highest BCUT2D eigenvalue weighted by atomic mass is 35.5. The van der Waals surface area contributed by atoms with Gasteiger partial charge in [0.05, 0.1) is 26.9 Å². The third-order valence-corrected chi connectivity index (χ3v) is 4.09. The second kappa shape index (κ2) is 8.61. The molecule has 0 heterocycles. The predicted molar refractivity (Wildman–Crippen MR) is 98.9 cm³/mol. The first-order valence-corrected chi connectivity index (χ1v) is 7.95. The van der Waals surface area contributed by atoms with Gasteiger partial charge in [-0.1, -0.05) is 46.9 Å². The van der Waals surface area contributed by atoms with Gasteiger partial charge in [0.25, 0.3) is 5.69 Å². The Morgan fingerprint density at radius 3 is 2.50 bits per heavy atom. The quantitative estimate of drug-likeness (QED) is 0.343. The van der Waals surface area contributed by atoms with Crippen molar-refractivity contribution >= 4 is 64.2 Å². The maximum atomic E-state index is 11.8. The van der Waals surface area contributed by atoms with Crippen LogP contribution in [-0.4, -0.2) is 23.0 Å². The van der Waals surface area contributed by atoms with Crippen molar-refractivity contribution < 1.29 is 14.5 Å². The molecule has 2 aromatic rings. The monoisotopic (exact) mass is 414 g/mol. The SMILES string of the molecule is O=C(N/N=C\c1ccc(Cl)c([N+](=O)[O-])c1)C(=O)Nc1cccc(Cl)c1Cl. The molecule has 2 amide bonds. The van der Waals surface area contributed by atoms with Gasteiger partial charge < -0.3 is 5.32 Å². The minimum atomic E-state index is -1.07. The van der Waals surface area contributed by atoms with E-state index in [0.29, 0.717) is 5.56 Å². The number of amides is 2. The fraction of sp³-hybridized carbons (Fsp3) is 0. The number of benzene rings is 2. The van der Waals surface area contributed by atoms with E-state index in [1.807, 2.05) is 5.43 Å². The van der Waals surface area contributed by atoms with Crippen LogP contribution in [0.4, 0.5) is 11.4 Å². The Kier molecular flexibility index (Phi) is 6.51. The van der Waals surface area contributed by atoms with E-state index in [1.54, 1.807) is 6.07 Å². The van der Waals surface area contributed by atoms with E-state index in [2.05, 4.69) is 10.4 Å². The van der Waals surface area contributed by atoms with E-state index < -0.39 is 16.7 Å². The minimum absolute atomic E-state index is 0.0334. The zero-order chi connectivity index (χ0) is 19.3. The van der Waals surface area contributed by atoms with Crippen molar-refractivity contribution in [2.75, 3.05) is 5.32 Å². The number of nitro groups is 1. The molecule has 2 rings (SSSR count). The van der Waals surface area contributed by atoms with Crippen molar-refractivity contribution in [3.05, 3.63) is 67.1 Å². The molecule has 0 bridgehead atoms. The van der Waals surface area contributed by atoms with Crippen LogP contribution in [0.25, 0.3) is 0 Å². The van der Waals surface area contributed by atoms with Gasteiger partial charge in [-0.15, -0.1) is 0 Å². The van der Waals surface area contributed by atoms with E-state index in [9.17, 15) is 19.7 Å². The van der Waals surface area contributed by atoms with Crippen LogP contribution in [0.5, 0.6) is 0 Å². The molecular formula is C15H9Cl3N4O4. The van der Waals surface area contributed by atoms with Crippen LogP contribution in [0, 0.1) is 10.1 Å². The average Bonchev–Trinajstić information content (AvgIpc) is 2.60. The topological polar surface area (TPSA) is 114 Å². The summed E-state index contributed by atoms with van der Waals surface area (Å²) in [4.78, 5) is 33.7. The second-order valence-electron chi connectivity index (χ2n) is 4.72. The van der Waals surface area contributed by atoms with Gasteiger partial charge in [-0.05, 0) is 18.2 Å². The third kappa shape index (κ3) is 4.92. The summed E-state index contributed by atoms with van der Waals surface area (Å²) in [5.74, 6) is -2.09. The third-order valence-electron chi connectivity index (χ3n) is 2.95. The number of hydrogen-bond donors (Lipinski definition) is 2. The number of nitrogens with zero attached hydrogens (tertiary/aromatic N) is 2. The average molecular weight is 416 g/mol. The summed E-state index contributed by atoms with van der Waals surface area (Å²) in [6.45, 7) is 0. The van der Waals surface area contributed by atoms with Gasteiger partial charge in [0.15, 0.2) is 0 Å². The summed E-state index contributed by atoms with van der Waals surface area (Å²) in [6.07, 6.45) is 1.13. The lowest BCUT2D eigenvalue weighted by Crippen LogP contribution is -2.32. The van der Waals surface area contributed by atoms with Gasteiger partial charge in [0, 0.05) is 11.6 Å². The van der Waals surface area contributed by atoms with Crippen molar-refractivity contribution in [3.8, 4) is 0 Å². The van der Waals surface area contributed by atoms with E-state index in [0.717, 1.165) is 6.21 Å². The minimum Gasteiger partial charge on any atom is -0.316 e. The Hall–Kier alpha value is -2.68. The Bertz CT molecular complexity index is 918. The smallest absolute Gasteiger partial charge is 0.316 e. The van der Waals surface area contributed by atoms with Gasteiger partial charge in [-0.2, -0.15) is 5.10 Å². The molecule has 0 aromatic heterocycles. The number of anilines is 1. The van der Waals surface area contributed by atoms with Crippen molar-refractivity contribution in [1.29, 1.82) is 0 Å². The van der Waals surface area contributed by atoms with E-state index in [1.165, 1.54) is 30.3 Å². The van der Waals surface area contributed by atoms with Crippen LogP contribution >= 0.6 is 34.8 Å². The number of rotatable bonds is 4. The highest BCUT2D eigenvalue weighted by Crippen LogP contribution is 2.29. The normalized spacial score (nSPS) is 10.6. The lowest BCUT2D eigenvalue weighted by molar-refractivity contribution is -0.384. The number of halogens is 3. The van der Waals surface area contributed by atoms with Crippen molar-refractivity contribution in [1.82, 2.24) is 5.43 Å². The molecule has 0 radical (unpaired) electrons. The molecule has 0 aliphatic rings. The number of hydrazone groups is 1. The fourth-order valence-electron chi connectivity index (χ4n) is 1.75. The van der Waals surface area contributed by atoms with Crippen molar-refractivity contribution in [2.45, 2.75) is 0 Å². The number of nitro benzene ring substituents is 1. The number of hydrogen-bond acceptors (Lipinski definition) is 5. The molecule has 0 unspecified atom stereocenters.